The number of benzene rings is 1. The molecule has 0 fully saturated rings. The van der Waals surface area contributed by atoms with E-state index in [4.69, 9.17) is 16.3 Å². The van der Waals surface area contributed by atoms with E-state index in [1.165, 1.54) is 11.0 Å². The first-order valence-electron chi connectivity index (χ1n) is 13.2. The van der Waals surface area contributed by atoms with Crippen molar-refractivity contribution in [3.05, 3.63) is 58.1 Å². The topological polar surface area (TPSA) is 212 Å². The smallest absolute Gasteiger partial charge is 0.251 e. The average molecular weight is 571 g/mol. The van der Waals surface area contributed by atoms with Crippen LogP contribution in [0.25, 0.3) is 0 Å². The highest BCUT2D eigenvalue weighted by Gasteiger charge is 2.69. The summed E-state index contributed by atoms with van der Waals surface area (Å²) in [4.78, 5) is 33.6. The Balaban J connectivity index is 2.01. The number of oxime groups is 1. The second-order valence-electron chi connectivity index (χ2n) is 12.2. The van der Waals surface area contributed by atoms with Crippen LogP contribution in [0.2, 0.25) is 0 Å². The van der Waals surface area contributed by atoms with E-state index in [1.54, 1.807) is 21.0 Å². The number of nitrogens with two attached hydrogens (primary N) is 2. The van der Waals surface area contributed by atoms with Gasteiger partial charge in [0, 0.05) is 17.1 Å². The van der Waals surface area contributed by atoms with Crippen LogP contribution in [0.15, 0.2) is 46.5 Å². The minimum atomic E-state index is -2.75. The fourth-order valence-electron chi connectivity index (χ4n) is 6.52. The minimum Gasteiger partial charge on any atom is -0.510 e. The summed E-state index contributed by atoms with van der Waals surface area (Å²) in [5.74, 6) is -5.90. The molecule has 1 amide bonds. The summed E-state index contributed by atoms with van der Waals surface area (Å²) in [5.41, 5.74) is 5.54. The van der Waals surface area contributed by atoms with E-state index in [0.29, 0.717) is 16.8 Å². The van der Waals surface area contributed by atoms with Crippen LogP contribution in [-0.4, -0.2) is 84.8 Å². The van der Waals surface area contributed by atoms with Crippen LogP contribution in [0.3, 0.4) is 0 Å². The van der Waals surface area contributed by atoms with Crippen molar-refractivity contribution in [2.75, 3.05) is 19.8 Å². The third-order valence-corrected chi connectivity index (χ3v) is 8.28. The van der Waals surface area contributed by atoms with Crippen molar-refractivity contribution in [2.24, 2.45) is 22.7 Å². The first-order valence-corrected chi connectivity index (χ1v) is 13.2. The number of Topliss-reactive ketones (excluding diaryl/α,β-unsaturated/α-hetero) is 1. The molecule has 12 nitrogen and oxygen atoms in total. The number of aromatic hydroxyl groups is 1. The lowest BCUT2D eigenvalue weighted by Gasteiger charge is -2.57. The molecule has 0 heterocycles. The molecule has 41 heavy (non-hydrogen) atoms. The fraction of sp³-hybridized carbons (Fsp3) is 0.483. The maximum atomic E-state index is 14.1. The molecule has 222 valence electrons. The molecule has 0 bridgehead atoms. The molecule has 0 saturated carbocycles. The highest BCUT2D eigenvalue weighted by atomic mass is 16.6. The molecule has 9 N–H and O–H groups in total. The first kappa shape index (κ1) is 30.1. The normalized spacial score (nSPS) is 30.1. The quantitative estimate of drug-likeness (QED) is 0.0893. The summed E-state index contributed by atoms with van der Waals surface area (Å²) in [7, 11) is 3.17. The molecular weight excluding hydrogens is 532 g/mol. The number of aliphatic hydroxyl groups excluding tert-OH is 2. The molecule has 0 spiro atoms. The van der Waals surface area contributed by atoms with Gasteiger partial charge in [0.1, 0.15) is 22.9 Å². The van der Waals surface area contributed by atoms with Crippen LogP contribution >= 0.6 is 0 Å². The molecule has 5 atom stereocenters. The van der Waals surface area contributed by atoms with Gasteiger partial charge in [0.05, 0.1) is 28.6 Å². The third kappa shape index (κ3) is 4.20. The van der Waals surface area contributed by atoms with Crippen LogP contribution in [-0.2, 0) is 16.1 Å². The maximum Gasteiger partial charge on any atom is 0.251 e. The van der Waals surface area contributed by atoms with Crippen LogP contribution in [0.4, 0.5) is 5.69 Å². The molecule has 4 rings (SSSR count). The van der Waals surface area contributed by atoms with Crippen molar-refractivity contribution in [3.63, 3.8) is 0 Å². The summed E-state index contributed by atoms with van der Waals surface area (Å²) in [6.45, 7) is 10.7. The van der Waals surface area contributed by atoms with Gasteiger partial charge < -0.3 is 41.8 Å². The Bertz CT molecular complexity index is 1450. The zero-order chi connectivity index (χ0) is 31.0. The Labute approximate surface area is 237 Å². The zero-order valence-electron chi connectivity index (χ0n) is 24.0. The van der Waals surface area contributed by atoms with Gasteiger partial charge in [-0.2, -0.15) is 0 Å². The van der Waals surface area contributed by atoms with Gasteiger partial charge in [-0.1, -0.05) is 17.8 Å². The highest BCUT2D eigenvalue weighted by Crippen LogP contribution is 2.57. The Hall–Kier alpha value is -3.87. The average Bonchev–Trinajstić information content (AvgIpc) is 2.85. The molecule has 0 saturated heterocycles. The molecule has 0 unspecified atom stereocenters. The third-order valence-electron chi connectivity index (χ3n) is 8.28. The van der Waals surface area contributed by atoms with E-state index in [1.807, 2.05) is 20.8 Å². The lowest BCUT2D eigenvalue weighted by Crippen LogP contribution is -2.71. The van der Waals surface area contributed by atoms with Crippen molar-refractivity contribution < 1.29 is 40.0 Å². The van der Waals surface area contributed by atoms with Crippen LogP contribution < -0.4 is 11.5 Å². The Kier molecular flexibility index (Phi) is 7.05. The summed E-state index contributed by atoms with van der Waals surface area (Å²) in [6.07, 6.45) is 0.900. The Morgan fingerprint density at radius 3 is 2.37 bits per heavy atom. The first-order chi connectivity index (χ1) is 18.8. The zero-order valence-corrected chi connectivity index (χ0v) is 24.0. The van der Waals surface area contributed by atoms with Gasteiger partial charge in [0.25, 0.3) is 5.91 Å². The number of anilines is 1. The number of rotatable bonds is 5. The standard InChI is InChI=1S/C29H38N4O8/c1-8-28(39)20(26(31)38)24(36)21(33(6)7)16-10-13-9-15-14(12(2)32-41-27(3,4)5)11-17(30)22(34)19(15)23(35)18(13)25(37)29(16,28)40/h8,11,13,16,21,34,36-37,39-40H,1,9-10,30H2,2-7H3,(H2,31,38)/b32-12+/t13-,16-,21-,28-,29-/m0/s1. The van der Waals surface area contributed by atoms with E-state index >= 15 is 0 Å². The summed E-state index contributed by atoms with van der Waals surface area (Å²) >= 11 is 0. The molecule has 12 heteroatoms. The Morgan fingerprint density at radius 1 is 1.24 bits per heavy atom. The predicted molar refractivity (Wildman–Crippen MR) is 151 cm³/mol. The van der Waals surface area contributed by atoms with Gasteiger partial charge in [-0.25, -0.2) is 0 Å². The maximum absolute atomic E-state index is 14.1. The second-order valence-corrected chi connectivity index (χ2v) is 12.2. The predicted octanol–water partition coefficient (Wildman–Crippen LogP) is 1.59. The number of phenols is 1. The summed E-state index contributed by atoms with van der Waals surface area (Å²) in [5, 5.41) is 61.8. The second kappa shape index (κ2) is 9.61. The van der Waals surface area contributed by atoms with Gasteiger partial charge in [-0.05, 0) is 72.2 Å². The monoisotopic (exact) mass is 570 g/mol. The number of carbonyl (C=O) groups is 2. The number of allylic oxidation sites excluding steroid dienone is 1. The van der Waals surface area contributed by atoms with E-state index in [2.05, 4.69) is 11.7 Å². The molecule has 1 aromatic carbocycles. The van der Waals surface area contributed by atoms with E-state index in [0.717, 1.165) is 6.08 Å². The molecule has 0 aliphatic heterocycles. The number of fused-ring (bicyclic) bond motifs is 3. The number of phenolic OH excluding ortho intramolecular Hbond substituents is 1. The van der Waals surface area contributed by atoms with Crippen LogP contribution in [0.5, 0.6) is 5.75 Å². The molecule has 0 aromatic heterocycles. The molecule has 1 aromatic rings. The van der Waals surface area contributed by atoms with Crippen molar-refractivity contribution in [1.82, 2.24) is 4.90 Å². The highest BCUT2D eigenvalue weighted by molar-refractivity contribution is 6.16. The number of nitrogen functional groups attached to an aromatic ring is 1. The SMILES string of the molecule is C=C[C@]1(O)C(C(N)=O)=C(O)[C@@H](N(C)C)[C@@H]2C[C@@H]3Cc4c(/C(C)=N/OC(C)(C)C)cc(N)c(O)c4C(=O)C3=C(O)[C@@]21O. The molecule has 3 aliphatic carbocycles. The number of hydrogen-bond donors (Lipinski definition) is 7. The number of ketones is 1. The minimum absolute atomic E-state index is 0.0184. The number of carbonyl (C=O) groups excluding carboxylic acids is 2. The Morgan fingerprint density at radius 2 is 1.85 bits per heavy atom. The van der Waals surface area contributed by atoms with Crippen molar-refractivity contribution in [1.29, 1.82) is 0 Å². The lowest BCUT2D eigenvalue weighted by molar-refractivity contribution is -0.171. The van der Waals surface area contributed by atoms with Gasteiger partial charge in [-0.15, -0.1) is 0 Å². The van der Waals surface area contributed by atoms with Crippen LogP contribution in [0.1, 0.15) is 55.6 Å². The molecular formula is C29H38N4O8. The largest absolute Gasteiger partial charge is 0.510 e. The van der Waals surface area contributed by atoms with Crippen LogP contribution in [0, 0.1) is 11.8 Å². The van der Waals surface area contributed by atoms with E-state index in [-0.39, 0.29) is 29.7 Å². The van der Waals surface area contributed by atoms with Crippen molar-refractivity contribution >= 4 is 23.1 Å². The summed E-state index contributed by atoms with van der Waals surface area (Å²) in [6, 6.07) is 0.415. The number of nitrogens with zero attached hydrogens (tertiary/aromatic N) is 2. The van der Waals surface area contributed by atoms with Gasteiger partial charge in [0.15, 0.2) is 17.0 Å². The van der Waals surface area contributed by atoms with Crippen molar-refractivity contribution in [2.45, 2.75) is 63.4 Å². The number of likely N-dealkylation sites (N-methyl/N-ethyl adjacent to an activating group) is 1. The number of primary amides is 1. The van der Waals surface area contributed by atoms with E-state index < -0.39 is 69.2 Å². The summed E-state index contributed by atoms with van der Waals surface area (Å²) < 4.78 is 0. The molecule has 0 radical (unpaired) electrons. The number of hydrogen-bond acceptors (Lipinski definition) is 11. The number of aliphatic hydroxyl groups is 4. The van der Waals surface area contributed by atoms with Gasteiger partial charge in [0.2, 0.25) is 0 Å². The fourth-order valence-corrected chi connectivity index (χ4v) is 6.52. The lowest BCUT2D eigenvalue weighted by atomic mass is 9.53. The van der Waals surface area contributed by atoms with Gasteiger partial charge in [-0.3, -0.25) is 14.5 Å². The van der Waals surface area contributed by atoms with Gasteiger partial charge >= 0.3 is 0 Å². The molecule has 3 aliphatic rings. The number of amides is 1. The van der Waals surface area contributed by atoms with Crippen molar-refractivity contribution in [3.8, 4) is 5.75 Å². The van der Waals surface area contributed by atoms with E-state index in [9.17, 15) is 35.1 Å².